The second kappa shape index (κ2) is 7.40. The summed E-state index contributed by atoms with van der Waals surface area (Å²) in [6.07, 6.45) is 0. The molecule has 0 amide bonds. The molecule has 0 fully saturated rings. The maximum Gasteiger partial charge on any atom is 0.260 e. The highest BCUT2D eigenvalue weighted by atomic mass is 35.5. The Morgan fingerprint density at radius 1 is 1.20 bits per heavy atom. The van der Waals surface area contributed by atoms with Crippen molar-refractivity contribution in [2.45, 2.75) is 6.92 Å². The number of rotatable bonds is 5. The van der Waals surface area contributed by atoms with Crippen molar-refractivity contribution in [2.24, 2.45) is 5.16 Å². The van der Waals surface area contributed by atoms with Crippen LogP contribution in [0.25, 0.3) is 22.0 Å². The summed E-state index contributed by atoms with van der Waals surface area (Å²) in [5.74, 6) is 0.493. The van der Waals surface area contributed by atoms with Gasteiger partial charge in [0.15, 0.2) is 0 Å². The number of ether oxygens (including phenoxy) is 1. The Bertz CT molecular complexity index is 981. The first kappa shape index (κ1) is 17.0. The smallest absolute Gasteiger partial charge is 0.260 e. The van der Waals surface area contributed by atoms with Crippen molar-refractivity contribution in [3.8, 4) is 16.9 Å². The molecule has 0 unspecified atom stereocenters. The molecule has 25 heavy (non-hydrogen) atoms. The quantitative estimate of drug-likeness (QED) is 0.549. The van der Waals surface area contributed by atoms with Crippen LogP contribution in [0.3, 0.4) is 0 Å². The van der Waals surface area contributed by atoms with E-state index >= 15 is 0 Å². The van der Waals surface area contributed by atoms with Crippen LogP contribution < -0.4 is 10.3 Å². The number of aromatic amines is 1. The maximum absolute atomic E-state index is 12.7. The zero-order valence-corrected chi connectivity index (χ0v) is 14.6. The van der Waals surface area contributed by atoms with Crippen LogP contribution in [-0.4, -0.2) is 24.4 Å². The second-order valence-electron chi connectivity index (χ2n) is 5.51. The Hall–Kier alpha value is -2.79. The van der Waals surface area contributed by atoms with Crippen LogP contribution in [0.4, 0.5) is 0 Å². The van der Waals surface area contributed by atoms with Gasteiger partial charge in [-0.05, 0) is 30.7 Å². The summed E-state index contributed by atoms with van der Waals surface area (Å²) in [4.78, 5) is 20.3. The Morgan fingerprint density at radius 2 is 1.96 bits per heavy atom. The molecule has 0 aliphatic heterocycles. The highest BCUT2D eigenvalue weighted by Gasteiger charge is 2.16. The van der Waals surface area contributed by atoms with Crippen LogP contribution >= 0.6 is 11.6 Å². The molecule has 128 valence electrons. The molecule has 0 aliphatic rings. The maximum atomic E-state index is 12.7. The van der Waals surface area contributed by atoms with E-state index in [1.807, 2.05) is 36.4 Å². The van der Waals surface area contributed by atoms with Crippen LogP contribution in [0.1, 0.15) is 6.92 Å². The van der Waals surface area contributed by atoms with Gasteiger partial charge in [-0.25, -0.2) is 0 Å². The number of nitrogens with one attached hydrogen (secondary N) is 1. The van der Waals surface area contributed by atoms with Crippen LogP contribution in [0.15, 0.2) is 58.5 Å². The molecule has 3 rings (SSSR count). The fraction of sp³-hybridized carbons (Fsp3) is 0.158. The molecule has 1 aromatic heterocycles. The summed E-state index contributed by atoms with van der Waals surface area (Å²) in [6, 6.07) is 14.7. The summed E-state index contributed by atoms with van der Waals surface area (Å²) in [5.41, 5.74) is 2.28. The highest BCUT2D eigenvalue weighted by molar-refractivity contribution is 6.31. The first-order chi connectivity index (χ1) is 12.1. The molecule has 2 aromatic carbocycles. The lowest BCUT2D eigenvalue weighted by Crippen LogP contribution is -2.15. The molecule has 1 N–H and O–H groups in total. The average Bonchev–Trinajstić information content (AvgIpc) is 2.60. The van der Waals surface area contributed by atoms with Gasteiger partial charge in [0.1, 0.15) is 19.5 Å². The fourth-order valence-electron chi connectivity index (χ4n) is 2.62. The number of pyridine rings is 1. The largest absolute Gasteiger partial charge is 0.486 e. The lowest BCUT2D eigenvalue weighted by Gasteiger charge is -2.14. The van der Waals surface area contributed by atoms with Crippen molar-refractivity contribution in [1.29, 1.82) is 0 Å². The van der Waals surface area contributed by atoms with Gasteiger partial charge in [-0.2, -0.15) is 0 Å². The first-order valence-corrected chi connectivity index (χ1v) is 8.08. The minimum absolute atomic E-state index is 0.203. The normalized spacial score (nSPS) is 11.6. The molecule has 5 nitrogen and oxygen atoms in total. The molecule has 6 heteroatoms. The lowest BCUT2D eigenvalue weighted by atomic mass is 10.0. The van der Waals surface area contributed by atoms with E-state index in [0.29, 0.717) is 27.6 Å². The topological polar surface area (TPSA) is 63.7 Å². The number of halogens is 1. The third-order valence-corrected chi connectivity index (χ3v) is 3.90. The van der Waals surface area contributed by atoms with E-state index in [4.69, 9.17) is 21.2 Å². The van der Waals surface area contributed by atoms with E-state index in [9.17, 15) is 4.79 Å². The number of nitrogens with zero attached hydrogens (tertiary/aromatic N) is 1. The van der Waals surface area contributed by atoms with Crippen molar-refractivity contribution in [2.75, 3.05) is 13.7 Å². The van der Waals surface area contributed by atoms with E-state index in [-0.39, 0.29) is 12.2 Å². The van der Waals surface area contributed by atoms with Gasteiger partial charge in [0.05, 0.1) is 16.8 Å². The molecule has 0 spiro atoms. The van der Waals surface area contributed by atoms with Crippen molar-refractivity contribution in [1.82, 2.24) is 4.98 Å². The number of fused-ring (bicyclic) bond motifs is 1. The third kappa shape index (κ3) is 3.67. The van der Waals surface area contributed by atoms with Crippen LogP contribution in [0.5, 0.6) is 5.75 Å². The summed E-state index contributed by atoms with van der Waals surface area (Å²) in [6.45, 7) is 1.99. The third-order valence-electron chi connectivity index (χ3n) is 3.66. The molecule has 0 atom stereocenters. The lowest BCUT2D eigenvalue weighted by molar-refractivity contribution is 0.210. The standard InChI is InChI=1S/C19H17ClN2O3/c1-12(22-24-2)11-25-18-15-9-8-14(20)10-16(15)21-19(23)17(18)13-6-4-3-5-7-13/h3-10H,11H2,1-2H3,(H,21,23). The number of H-pyrrole nitrogens is 1. The van der Waals surface area contributed by atoms with E-state index in [2.05, 4.69) is 10.1 Å². The van der Waals surface area contributed by atoms with Crippen LogP contribution in [-0.2, 0) is 4.84 Å². The minimum Gasteiger partial charge on any atom is -0.486 e. The van der Waals surface area contributed by atoms with Gasteiger partial charge in [0, 0.05) is 10.4 Å². The molecule has 0 aliphatic carbocycles. The van der Waals surface area contributed by atoms with Gasteiger partial charge < -0.3 is 14.6 Å². The summed E-state index contributed by atoms with van der Waals surface area (Å²) in [7, 11) is 1.48. The van der Waals surface area contributed by atoms with Crippen molar-refractivity contribution in [3.63, 3.8) is 0 Å². The number of hydrogen-bond acceptors (Lipinski definition) is 4. The van der Waals surface area contributed by atoms with E-state index in [1.165, 1.54) is 7.11 Å². The number of hydrogen-bond donors (Lipinski definition) is 1. The molecule has 3 aromatic rings. The zero-order valence-electron chi connectivity index (χ0n) is 13.9. The van der Waals surface area contributed by atoms with Crippen molar-refractivity contribution < 1.29 is 9.57 Å². The van der Waals surface area contributed by atoms with Gasteiger partial charge in [0.2, 0.25) is 0 Å². The van der Waals surface area contributed by atoms with Crippen molar-refractivity contribution >= 4 is 28.2 Å². The van der Waals surface area contributed by atoms with Crippen LogP contribution in [0, 0.1) is 0 Å². The summed E-state index contributed by atoms with van der Waals surface area (Å²) in [5, 5.41) is 5.16. The first-order valence-electron chi connectivity index (χ1n) is 7.70. The number of benzene rings is 2. The zero-order chi connectivity index (χ0) is 17.8. The SMILES string of the molecule is CON=C(C)COc1c(-c2ccccc2)c(=O)[nH]c2cc(Cl)ccc12. The number of oxime groups is 1. The Balaban J connectivity index is 2.21. The summed E-state index contributed by atoms with van der Waals surface area (Å²) >= 11 is 6.05. The Labute approximate surface area is 149 Å². The highest BCUT2D eigenvalue weighted by Crippen LogP contribution is 2.34. The fourth-order valence-corrected chi connectivity index (χ4v) is 2.79. The van der Waals surface area contributed by atoms with E-state index < -0.39 is 0 Å². The molecule has 0 saturated carbocycles. The molecule has 1 heterocycles. The second-order valence-corrected chi connectivity index (χ2v) is 5.95. The number of aromatic nitrogens is 1. The minimum atomic E-state index is -0.239. The Morgan fingerprint density at radius 3 is 2.68 bits per heavy atom. The van der Waals surface area contributed by atoms with Gasteiger partial charge in [-0.3, -0.25) is 4.79 Å². The van der Waals surface area contributed by atoms with Gasteiger partial charge in [-0.15, -0.1) is 0 Å². The van der Waals surface area contributed by atoms with Gasteiger partial charge >= 0.3 is 0 Å². The van der Waals surface area contributed by atoms with Gasteiger partial charge in [-0.1, -0.05) is 47.1 Å². The van der Waals surface area contributed by atoms with E-state index in [1.54, 1.807) is 19.1 Å². The summed E-state index contributed by atoms with van der Waals surface area (Å²) < 4.78 is 5.97. The monoisotopic (exact) mass is 356 g/mol. The average molecular weight is 357 g/mol. The molecular weight excluding hydrogens is 340 g/mol. The molecular formula is C19H17ClN2O3. The molecule has 0 radical (unpaired) electrons. The molecule has 0 saturated heterocycles. The molecule has 0 bridgehead atoms. The predicted molar refractivity (Wildman–Crippen MR) is 101 cm³/mol. The van der Waals surface area contributed by atoms with Crippen molar-refractivity contribution in [3.05, 3.63) is 63.9 Å². The van der Waals surface area contributed by atoms with Gasteiger partial charge in [0.25, 0.3) is 5.56 Å². The predicted octanol–water partition coefficient (Wildman–Crippen LogP) is 4.25. The van der Waals surface area contributed by atoms with Crippen LogP contribution in [0.2, 0.25) is 5.02 Å². The Kier molecular flexibility index (Phi) is 5.05. The van der Waals surface area contributed by atoms with E-state index in [0.717, 1.165) is 10.9 Å².